The van der Waals surface area contributed by atoms with Crippen LogP contribution in [0.3, 0.4) is 0 Å². The average Bonchev–Trinajstić information content (AvgIpc) is 2.05. The topological polar surface area (TPSA) is 29.1 Å². The second-order valence-corrected chi connectivity index (χ2v) is 2.93. The summed E-state index contributed by atoms with van der Waals surface area (Å²) in [5.41, 5.74) is 0. The first kappa shape index (κ1) is 10.6. The summed E-state index contributed by atoms with van der Waals surface area (Å²) in [6.45, 7) is 6.05. The van der Waals surface area contributed by atoms with Crippen molar-refractivity contribution >= 4 is 5.78 Å². The van der Waals surface area contributed by atoms with Crippen molar-refractivity contribution in [3.8, 4) is 0 Å². The van der Waals surface area contributed by atoms with Gasteiger partial charge in [-0.2, -0.15) is 0 Å². The fourth-order valence-corrected chi connectivity index (χ4v) is 1.19. The molecule has 0 radical (unpaired) electrons. The number of hydrogen-bond donors (Lipinski definition) is 1. The van der Waals surface area contributed by atoms with Crippen LogP contribution in [0.1, 0.15) is 33.6 Å². The molecule has 1 unspecified atom stereocenters. The minimum Gasteiger partial charge on any atom is -0.311 e. The van der Waals surface area contributed by atoms with Gasteiger partial charge in [-0.05, 0) is 26.8 Å². The van der Waals surface area contributed by atoms with Gasteiger partial charge in [-0.15, -0.1) is 0 Å². The van der Waals surface area contributed by atoms with Crippen LogP contribution in [0.15, 0.2) is 0 Å². The Kier molecular flexibility index (Phi) is 5.12. The molecule has 0 spiro atoms. The third-order valence-electron chi connectivity index (χ3n) is 2.25. The summed E-state index contributed by atoms with van der Waals surface area (Å²) in [7, 11) is 1.82. The van der Waals surface area contributed by atoms with Gasteiger partial charge in [0.05, 0.1) is 6.04 Å². The molecule has 0 aliphatic rings. The first-order valence-electron chi connectivity index (χ1n) is 4.38. The molecule has 0 bridgehead atoms. The van der Waals surface area contributed by atoms with Gasteiger partial charge in [-0.3, -0.25) is 4.79 Å². The number of carbonyl (C=O) groups is 1. The summed E-state index contributed by atoms with van der Waals surface area (Å²) in [6, 6.07) is 0.0138. The molecular weight excluding hydrogens is 138 g/mol. The highest BCUT2D eigenvalue weighted by Gasteiger charge is 2.18. The van der Waals surface area contributed by atoms with E-state index in [0.29, 0.717) is 5.78 Å². The van der Waals surface area contributed by atoms with Crippen LogP contribution in [0, 0.1) is 5.92 Å². The molecule has 0 aliphatic carbocycles. The van der Waals surface area contributed by atoms with Crippen LogP contribution in [-0.4, -0.2) is 18.9 Å². The number of ketones is 1. The van der Waals surface area contributed by atoms with Gasteiger partial charge in [0.1, 0.15) is 0 Å². The Morgan fingerprint density at radius 1 is 1.36 bits per heavy atom. The van der Waals surface area contributed by atoms with Gasteiger partial charge in [0.15, 0.2) is 5.78 Å². The first-order chi connectivity index (χ1) is 5.17. The van der Waals surface area contributed by atoms with Crippen LogP contribution in [0.25, 0.3) is 0 Å². The zero-order valence-electron chi connectivity index (χ0n) is 7.98. The Morgan fingerprint density at radius 3 is 2.09 bits per heavy atom. The summed E-state index contributed by atoms with van der Waals surface area (Å²) in [5, 5.41) is 2.96. The van der Waals surface area contributed by atoms with Gasteiger partial charge in [-0.25, -0.2) is 0 Å². The van der Waals surface area contributed by atoms with Gasteiger partial charge in [0.25, 0.3) is 0 Å². The fourth-order valence-electron chi connectivity index (χ4n) is 1.19. The Balaban J connectivity index is 3.97. The fraction of sp³-hybridized carbons (Fsp3) is 0.889. The van der Waals surface area contributed by atoms with Crippen LogP contribution in [-0.2, 0) is 4.79 Å². The van der Waals surface area contributed by atoms with E-state index in [-0.39, 0.29) is 12.0 Å². The van der Waals surface area contributed by atoms with Crippen molar-refractivity contribution in [1.29, 1.82) is 0 Å². The van der Waals surface area contributed by atoms with Gasteiger partial charge in [0.2, 0.25) is 0 Å². The highest BCUT2D eigenvalue weighted by molar-refractivity contribution is 5.85. The minimum atomic E-state index is 0.0138. The zero-order chi connectivity index (χ0) is 8.85. The molecule has 0 heterocycles. The van der Waals surface area contributed by atoms with E-state index in [1.807, 2.05) is 14.0 Å². The summed E-state index contributed by atoms with van der Waals surface area (Å²) in [5.74, 6) is 0.593. The highest BCUT2D eigenvalue weighted by atomic mass is 16.1. The molecular formula is C9H19NO. The number of carbonyl (C=O) groups excluding carboxylic acids is 1. The van der Waals surface area contributed by atoms with Crippen LogP contribution < -0.4 is 5.32 Å². The maximum atomic E-state index is 11.5. The molecule has 11 heavy (non-hydrogen) atoms. The molecule has 0 saturated heterocycles. The summed E-state index contributed by atoms with van der Waals surface area (Å²) in [6.07, 6.45) is 1.92. The van der Waals surface area contributed by atoms with E-state index in [2.05, 4.69) is 19.2 Å². The normalized spacial score (nSPS) is 13.5. The van der Waals surface area contributed by atoms with E-state index in [0.717, 1.165) is 12.8 Å². The molecule has 0 aliphatic heterocycles. The third-order valence-corrected chi connectivity index (χ3v) is 2.25. The van der Waals surface area contributed by atoms with Gasteiger partial charge < -0.3 is 5.32 Å². The predicted octanol–water partition coefficient (Wildman–Crippen LogP) is 1.60. The monoisotopic (exact) mass is 157 g/mol. The van der Waals surface area contributed by atoms with E-state index < -0.39 is 0 Å². The van der Waals surface area contributed by atoms with Crippen molar-refractivity contribution in [2.75, 3.05) is 7.05 Å². The average molecular weight is 157 g/mol. The highest BCUT2D eigenvalue weighted by Crippen LogP contribution is 2.10. The van der Waals surface area contributed by atoms with Crippen molar-refractivity contribution in [3.63, 3.8) is 0 Å². The number of Topliss-reactive ketones (excluding diaryl/α,β-unsaturated/α-hetero) is 1. The lowest BCUT2D eigenvalue weighted by molar-refractivity contribution is -0.124. The summed E-state index contributed by atoms with van der Waals surface area (Å²) < 4.78 is 0. The standard InChI is InChI=1S/C9H19NO/c1-5-8(6-2)9(11)7(3)10-4/h7-8,10H,5-6H2,1-4H3. The Bertz CT molecular complexity index is 119. The number of likely N-dealkylation sites (N-methyl/N-ethyl adjacent to an activating group) is 1. The van der Waals surface area contributed by atoms with E-state index in [4.69, 9.17) is 0 Å². The van der Waals surface area contributed by atoms with Crippen LogP contribution in [0.2, 0.25) is 0 Å². The smallest absolute Gasteiger partial charge is 0.152 e. The quantitative estimate of drug-likeness (QED) is 0.656. The van der Waals surface area contributed by atoms with Crippen LogP contribution in [0.5, 0.6) is 0 Å². The summed E-state index contributed by atoms with van der Waals surface area (Å²) in [4.78, 5) is 11.5. The molecule has 0 saturated carbocycles. The maximum Gasteiger partial charge on any atom is 0.152 e. The molecule has 0 aromatic carbocycles. The Labute approximate surface area is 69.4 Å². The number of hydrogen-bond acceptors (Lipinski definition) is 2. The number of rotatable bonds is 5. The predicted molar refractivity (Wildman–Crippen MR) is 47.6 cm³/mol. The third kappa shape index (κ3) is 3.02. The van der Waals surface area contributed by atoms with E-state index >= 15 is 0 Å². The summed E-state index contributed by atoms with van der Waals surface area (Å²) >= 11 is 0. The van der Waals surface area contributed by atoms with E-state index in [9.17, 15) is 4.79 Å². The second-order valence-electron chi connectivity index (χ2n) is 2.93. The van der Waals surface area contributed by atoms with Crippen molar-refractivity contribution < 1.29 is 4.79 Å². The lowest BCUT2D eigenvalue weighted by Gasteiger charge is -2.15. The van der Waals surface area contributed by atoms with Crippen molar-refractivity contribution in [2.24, 2.45) is 5.92 Å². The minimum absolute atomic E-state index is 0.0138. The van der Waals surface area contributed by atoms with E-state index in [1.165, 1.54) is 0 Å². The molecule has 0 aromatic heterocycles. The largest absolute Gasteiger partial charge is 0.311 e. The first-order valence-corrected chi connectivity index (χ1v) is 4.38. The Hall–Kier alpha value is -0.370. The molecule has 66 valence electrons. The number of nitrogens with one attached hydrogen (secondary N) is 1. The zero-order valence-corrected chi connectivity index (χ0v) is 7.98. The molecule has 1 N–H and O–H groups in total. The van der Waals surface area contributed by atoms with Gasteiger partial charge in [0, 0.05) is 5.92 Å². The molecule has 0 amide bonds. The molecule has 1 atom stereocenters. The SMILES string of the molecule is CCC(CC)C(=O)C(C)NC. The molecule has 2 heteroatoms. The lowest BCUT2D eigenvalue weighted by atomic mass is 9.94. The van der Waals surface area contributed by atoms with Gasteiger partial charge >= 0.3 is 0 Å². The van der Waals surface area contributed by atoms with Gasteiger partial charge in [-0.1, -0.05) is 13.8 Å². The Morgan fingerprint density at radius 2 is 1.82 bits per heavy atom. The second kappa shape index (κ2) is 5.30. The maximum absolute atomic E-state index is 11.5. The van der Waals surface area contributed by atoms with Crippen molar-refractivity contribution in [2.45, 2.75) is 39.7 Å². The van der Waals surface area contributed by atoms with Crippen LogP contribution >= 0.6 is 0 Å². The van der Waals surface area contributed by atoms with Crippen molar-refractivity contribution in [1.82, 2.24) is 5.32 Å². The van der Waals surface area contributed by atoms with Crippen LogP contribution in [0.4, 0.5) is 0 Å². The molecule has 0 fully saturated rings. The molecule has 0 aromatic rings. The molecule has 0 rings (SSSR count). The lowest BCUT2D eigenvalue weighted by Crippen LogP contribution is -2.35. The molecule has 2 nitrogen and oxygen atoms in total. The van der Waals surface area contributed by atoms with Crippen molar-refractivity contribution in [3.05, 3.63) is 0 Å². The van der Waals surface area contributed by atoms with E-state index in [1.54, 1.807) is 0 Å².